The number of methoxy groups -OCH3 is 1. The third-order valence-corrected chi connectivity index (χ3v) is 6.58. The van der Waals surface area contributed by atoms with Gasteiger partial charge in [0.1, 0.15) is 12.6 Å². The van der Waals surface area contributed by atoms with Crippen molar-refractivity contribution in [2.75, 3.05) is 12.4 Å². The van der Waals surface area contributed by atoms with E-state index < -0.39 is 6.04 Å². The first kappa shape index (κ1) is 21.0. The number of hydrogen-bond donors (Lipinski definition) is 1. The molecule has 0 radical (unpaired) electrons. The van der Waals surface area contributed by atoms with Crippen molar-refractivity contribution in [3.05, 3.63) is 68.3 Å². The van der Waals surface area contributed by atoms with Crippen LogP contribution in [-0.4, -0.2) is 33.1 Å². The molecule has 1 aliphatic carbocycles. The van der Waals surface area contributed by atoms with Crippen LogP contribution < -0.4 is 14.8 Å². The van der Waals surface area contributed by atoms with E-state index in [0.717, 1.165) is 29.7 Å². The van der Waals surface area contributed by atoms with Crippen LogP contribution in [0.5, 0.6) is 11.5 Å². The highest BCUT2D eigenvalue weighted by molar-refractivity contribution is 9.10. The summed E-state index contributed by atoms with van der Waals surface area (Å²) in [6, 6.07) is 10.8. The Balaban J connectivity index is 1.54. The molecule has 1 aromatic heterocycles. The summed E-state index contributed by atoms with van der Waals surface area (Å²) in [5, 5.41) is 15.9. The second kappa shape index (κ2) is 8.55. The number of hydrogen-bond acceptors (Lipinski definition) is 7. The number of carbonyl (C=O) groups excluding carboxylic acids is 1. The van der Waals surface area contributed by atoms with Gasteiger partial charge in [0.25, 0.3) is 0 Å². The van der Waals surface area contributed by atoms with Gasteiger partial charge in [-0.3, -0.25) is 4.79 Å². The molecule has 1 N–H and O–H groups in total. The van der Waals surface area contributed by atoms with Gasteiger partial charge >= 0.3 is 0 Å². The predicted molar refractivity (Wildman–Crippen MR) is 122 cm³/mol. The summed E-state index contributed by atoms with van der Waals surface area (Å²) in [5.74, 6) is 1.68. The van der Waals surface area contributed by atoms with Gasteiger partial charge in [-0.05, 0) is 63.0 Å². The van der Waals surface area contributed by atoms with Gasteiger partial charge in [-0.15, -0.1) is 0 Å². The van der Waals surface area contributed by atoms with Crippen LogP contribution in [0.4, 0.5) is 5.95 Å². The van der Waals surface area contributed by atoms with Gasteiger partial charge in [0.2, 0.25) is 5.95 Å². The van der Waals surface area contributed by atoms with Gasteiger partial charge in [-0.25, -0.2) is 0 Å². The molecule has 1 unspecified atom stereocenters. The number of carbonyl (C=O) groups is 1. The highest BCUT2D eigenvalue weighted by Gasteiger charge is 2.37. The Kier molecular flexibility index (Phi) is 5.60. The minimum atomic E-state index is -0.452. The number of ketones is 1. The molecule has 8 nitrogen and oxygen atoms in total. The van der Waals surface area contributed by atoms with E-state index in [0.29, 0.717) is 38.9 Å². The molecule has 1 aliphatic heterocycles. The number of benzene rings is 2. The molecule has 0 saturated carbocycles. The molecule has 0 spiro atoms. The molecule has 10 heteroatoms. The van der Waals surface area contributed by atoms with Crippen LogP contribution in [0.25, 0.3) is 0 Å². The predicted octanol–water partition coefficient (Wildman–Crippen LogP) is 4.70. The lowest BCUT2D eigenvalue weighted by atomic mass is 9.85. The third kappa shape index (κ3) is 3.65. The lowest BCUT2D eigenvalue weighted by Gasteiger charge is -2.32. The fraction of sp³-hybridized carbons (Fsp3) is 0.273. The van der Waals surface area contributed by atoms with Crippen LogP contribution in [0, 0.1) is 0 Å². The Morgan fingerprint density at radius 1 is 1.28 bits per heavy atom. The normalized spacial score (nSPS) is 17.5. The number of ether oxygens (including phenoxy) is 2. The highest BCUT2D eigenvalue weighted by atomic mass is 79.9. The molecule has 0 saturated heterocycles. The quantitative estimate of drug-likeness (QED) is 0.526. The first-order chi connectivity index (χ1) is 15.6. The molecule has 0 fully saturated rings. The van der Waals surface area contributed by atoms with Crippen molar-refractivity contribution < 1.29 is 14.3 Å². The van der Waals surface area contributed by atoms with Gasteiger partial charge < -0.3 is 14.8 Å². The monoisotopic (exact) mass is 515 g/mol. The number of Topliss-reactive ketones (excluding diaryl/α,β-unsaturated/α-hetero) is 1. The van der Waals surface area contributed by atoms with Crippen molar-refractivity contribution in [2.45, 2.75) is 31.9 Å². The molecule has 32 heavy (non-hydrogen) atoms. The summed E-state index contributed by atoms with van der Waals surface area (Å²) in [6.45, 7) is 0.284. The SMILES string of the molecule is COc1cc(C2C3=C(CCCC3=O)Nc3nnnn32)cc(Br)c1OCc1ccccc1Cl. The van der Waals surface area contributed by atoms with E-state index in [1.807, 2.05) is 36.4 Å². The van der Waals surface area contributed by atoms with E-state index in [1.165, 1.54) is 0 Å². The van der Waals surface area contributed by atoms with Crippen molar-refractivity contribution in [3.8, 4) is 11.5 Å². The molecule has 2 aromatic carbocycles. The molecule has 1 atom stereocenters. The molecule has 3 aromatic rings. The molecule has 2 heterocycles. The van der Waals surface area contributed by atoms with Gasteiger partial charge in [-0.2, -0.15) is 4.68 Å². The van der Waals surface area contributed by atoms with Crippen molar-refractivity contribution in [1.29, 1.82) is 0 Å². The topological polar surface area (TPSA) is 91.2 Å². The Bertz CT molecular complexity index is 1240. The van der Waals surface area contributed by atoms with E-state index in [9.17, 15) is 4.79 Å². The maximum Gasteiger partial charge on any atom is 0.248 e. The molecule has 0 amide bonds. The number of nitrogens with zero attached hydrogens (tertiary/aromatic N) is 4. The number of anilines is 1. The summed E-state index contributed by atoms with van der Waals surface area (Å²) in [6.07, 6.45) is 2.09. The van der Waals surface area contributed by atoms with Crippen LogP contribution in [-0.2, 0) is 11.4 Å². The zero-order chi connectivity index (χ0) is 22.2. The zero-order valence-corrected chi connectivity index (χ0v) is 19.5. The van der Waals surface area contributed by atoms with E-state index >= 15 is 0 Å². The standard InChI is InChI=1S/C22H19BrClN5O3/c1-31-18-10-13(9-14(23)21(18)32-11-12-5-2-3-6-15(12)24)20-19-16(7-4-8-17(19)30)25-22-26-27-28-29(20)22/h2-3,5-6,9-10,20H,4,7-8,11H2,1H3,(H,25,26,28). The molecule has 164 valence electrons. The van der Waals surface area contributed by atoms with Crippen molar-refractivity contribution >= 4 is 39.3 Å². The highest BCUT2D eigenvalue weighted by Crippen LogP contribution is 2.44. The van der Waals surface area contributed by atoms with Crippen LogP contribution in [0.2, 0.25) is 5.02 Å². The Labute approximate surface area is 197 Å². The van der Waals surface area contributed by atoms with Crippen LogP contribution in [0.3, 0.4) is 0 Å². The van der Waals surface area contributed by atoms with Crippen LogP contribution in [0.1, 0.15) is 36.4 Å². The molecule has 0 bridgehead atoms. The summed E-state index contributed by atoms with van der Waals surface area (Å²) in [7, 11) is 1.58. The summed E-state index contributed by atoms with van der Waals surface area (Å²) in [5.41, 5.74) is 3.25. The summed E-state index contributed by atoms with van der Waals surface area (Å²) >= 11 is 9.87. The minimum Gasteiger partial charge on any atom is -0.493 e. The van der Waals surface area contributed by atoms with Crippen molar-refractivity contribution in [1.82, 2.24) is 20.2 Å². The molecular weight excluding hydrogens is 498 g/mol. The van der Waals surface area contributed by atoms with Gasteiger partial charge in [0.05, 0.1) is 11.6 Å². The molecule has 2 aliphatic rings. The third-order valence-electron chi connectivity index (χ3n) is 5.63. The zero-order valence-electron chi connectivity index (χ0n) is 17.1. The smallest absolute Gasteiger partial charge is 0.248 e. The van der Waals surface area contributed by atoms with E-state index in [1.54, 1.807) is 11.8 Å². The first-order valence-corrected chi connectivity index (χ1v) is 11.3. The van der Waals surface area contributed by atoms with E-state index in [2.05, 4.69) is 36.8 Å². The average Bonchev–Trinajstić information content (AvgIpc) is 3.26. The van der Waals surface area contributed by atoms with Crippen molar-refractivity contribution in [3.63, 3.8) is 0 Å². The fourth-order valence-electron chi connectivity index (χ4n) is 4.13. The van der Waals surface area contributed by atoms with Crippen molar-refractivity contribution in [2.24, 2.45) is 0 Å². The van der Waals surface area contributed by atoms with Crippen LogP contribution in [0.15, 0.2) is 52.1 Å². The number of aromatic nitrogens is 4. The number of fused-ring (bicyclic) bond motifs is 1. The Morgan fingerprint density at radius 2 is 2.12 bits per heavy atom. The number of tetrazole rings is 1. The van der Waals surface area contributed by atoms with E-state index in [4.69, 9.17) is 21.1 Å². The first-order valence-electron chi connectivity index (χ1n) is 10.1. The largest absolute Gasteiger partial charge is 0.493 e. The van der Waals surface area contributed by atoms with Crippen LogP contribution >= 0.6 is 27.5 Å². The maximum atomic E-state index is 12.9. The number of rotatable bonds is 5. The summed E-state index contributed by atoms with van der Waals surface area (Å²) in [4.78, 5) is 12.9. The number of allylic oxidation sites excluding steroid dienone is 2. The van der Waals surface area contributed by atoms with Gasteiger partial charge in [0.15, 0.2) is 17.3 Å². The number of halogens is 2. The second-order valence-electron chi connectivity index (χ2n) is 7.56. The lowest BCUT2D eigenvalue weighted by Crippen LogP contribution is -2.31. The second-order valence-corrected chi connectivity index (χ2v) is 8.82. The number of nitrogens with one attached hydrogen (secondary N) is 1. The minimum absolute atomic E-state index is 0.0963. The fourth-order valence-corrected chi connectivity index (χ4v) is 4.89. The van der Waals surface area contributed by atoms with E-state index in [-0.39, 0.29) is 12.4 Å². The maximum absolute atomic E-state index is 12.9. The molecule has 5 rings (SSSR count). The average molecular weight is 517 g/mol. The summed E-state index contributed by atoms with van der Waals surface area (Å²) < 4.78 is 14.0. The van der Waals surface area contributed by atoms with Gasteiger partial charge in [-0.1, -0.05) is 34.9 Å². The molecular formula is C22H19BrClN5O3. The van der Waals surface area contributed by atoms with Gasteiger partial charge in [0, 0.05) is 28.3 Å². The Hall–Kier alpha value is -2.91. The Morgan fingerprint density at radius 3 is 2.94 bits per heavy atom. The lowest BCUT2D eigenvalue weighted by molar-refractivity contribution is -0.116.